The van der Waals surface area contributed by atoms with Gasteiger partial charge in [-0.1, -0.05) is 12.1 Å². The Morgan fingerprint density at radius 2 is 1.94 bits per heavy atom. The van der Waals surface area contributed by atoms with Gasteiger partial charge in [-0.25, -0.2) is 0 Å². The molecule has 0 aliphatic heterocycles. The highest BCUT2D eigenvalue weighted by Crippen LogP contribution is 2.12. The van der Waals surface area contributed by atoms with Gasteiger partial charge in [-0.3, -0.25) is 4.79 Å². The zero-order valence-corrected chi connectivity index (χ0v) is 10.5. The van der Waals surface area contributed by atoms with Gasteiger partial charge in [0.2, 0.25) is 0 Å². The molecule has 4 heteroatoms. The molecule has 2 N–H and O–H groups in total. The summed E-state index contributed by atoms with van der Waals surface area (Å²) in [4.78, 5) is 11.4. The zero-order chi connectivity index (χ0) is 12.9. The van der Waals surface area contributed by atoms with Crippen LogP contribution in [0.1, 0.15) is 26.3 Å². The highest BCUT2D eigenvalue weighted by Gasteiger charge is 2.22. The Morgan fingerprint density at radius 1 is 1.35 bits per heavy atom. The van der Waals surface area contributed by atoms with Crippen molar-refractivity contribution in [3.8, 4) is 5.75 Å². The van der Waals surface area contributed by atoms with Gasteiger partial charge in [-0.05, 0) is 38.5 Å². The van der Waals surface area contributed by atoms with Gasteiger partial charge in [-0.15, -0.1) is 0 Å². The van der Waals surface area contributed by atoms with E-state index in [2.05, 4.69) is 5.32 Å². The minimum atomic E-state index is -1.34. The van der Waals surface area contributed by atoms with Gasteiger partial charge >= 0.3 is 0 Å². The number of hydrogen-bond donors (Lipinski definition) is 2. The number of benzene rings is 1. The van der Waals surface area contributed by atoms with E-state index < -0.39 is 5.60 Å². The summed E-state index contributed by atoms with van der Waals surface area (Å²) in [6.45, 7) is 5.88. The fraction of sp³-hybridized carbons (Fsp3) is 0.462. The topological polar surface area (TPSA) is 58.6 Å². The van der Waals surface area contributed by atoms with E-state index >= 15 is 0 Å². The van der Waals surface area contributed by atoms with E-state index in [9.17, 15) is 9.90 Å². The molecule has 0 saturated carbocycles. The maximum Gasteiger partial charge on any atom is 0.251 e. The summed E-state index contributed by atoms with van der Waals surface area (Å²) in [5.41, 5.74) is -0.378. The largest absolute Gasteiger partial charge is 0.494 e. The van der Waals surface area contributed by atoms with E-state index in [-0.39, 0.29) is 5.91 Å². The van der Waals surface area contributed by atoms with Gasteiger partial charge in [0.1, 0.15) is 11.4 Å². The van der Waals surface area contributed by atoms with E-state index in [1.165, 1.54) is 13.8 Å². The first kappa shape index (κ1) is 13.5. The van der Waals surface area contributed by atoms with E-state index in [1.54, 1.807) is 0 Å². The van der Waals surface area contributed by atoms with Crippen LogP contribution in [0.4, 0.5) is 0 Å². The van der Waals surface area contributed by atoms with Crippen LogP contribution >= 0.6 is 0 Å². The SMILES string of the molecule is CCOc1ccc(CNC(=O)C(C)(C)O)cc1. The van der Waals surface area contributed by atoms with E-state index in [4.69, 9.17) is 4.74 Å². The molecule has 1 rings (SSSR count). The molecule has 94 valence electrons. The number of amides is 1. The second kappa shape index (κ2) is 5.68. The Hall–Kier alpha value is -1.55. The lowest BCUT2D eigenvalue weighted by Crippen LogP contribution is -2.41. The number of carbonyl (C=O) groups is 1. The lowest BCUT2D eigenvalue weighted by molar-refractivity contribution is -0.136. The molecule has 0 saturated heterocycles. The predicted molar refractivity (Wildman–Crippen MR) is 65.8 cm³/mol. The number of hydrogen-bond acceptors (Lipinski definition) is 3. The van der Waals surface area contributed by atoms with Crippen molar-refractivity contribution in [2.24, 2.45) is 0 Å². The maximum atomic E-state index is 11.4. The first-order valence-corrected chi connectivity index (χ1v) is 5.66. The molecule has 1 aromatic rings. The van der Waals surface area contributed by atoms with Crippen LogP contribution in [0.15, 0.2) is 24.3 Å². The lowest BCUT2D eigenvalue weighted by Gasteiger charge is -2.16. The molecular formula is C13H19NO3. The first-order valence-electron chi connectivity index (χ1n) is 5.66. The van der Waals surface area contributed by atoms with Crippen molar-refractivity contribution in [3.05, 3.63) is 29.8 Å². The fourth-order valence-electron chi connectivity index (χ4n) is 1.27. The summed E-state index contributed by atoms with van der Waals surface area (Å²) in [6.07, 6.45) is 0. The molecule has 0 bridgehead atoms. The third-order valence-corrected chi connectivity index (χ3v) is 2.24. The first-order chi connectivity index (χ1) is 7.93. The quantitative estimate of drug-likeness (QED) is 0.815. The molecule has 0 aliphatic carbocycles. The minimum Gasteiger partial charge on any atom is -0.494 e. The lowest BCUT2D eigenvalue weighted by atomic mass is 10.1. The van der Waals surface area contributed by atoms with Crippen molar-refractivity contribution in [3.63, 3.8) is 0 Å². The van der Waals surface area contributed by atoms with Crippen LogP contribution in [-0.2, 0) is 11.3 Å². The average molecular weight is 237 g/mol. The number of ether oxygens (including phenoxy) is 1. The van der Waals surface area contributed by atoms with Crippen molar-refractivity contribution in [1.82, 2.24) is 5.32 Å². The number of aliphatic hydroxyl groups is 1. The van der Waals surface area contributed by atoms with Crippen LogP contribution in [-0.4, -0.2) is 23.2 Å². The van der Waals surface area contributed by atoms with Gasteiger partial charge in [0.15, 0.2) is 0 Å². The minimum absolute atomic E-state index is 0.383. The van der Waals surface area contributed by atoms with Gasteiger partial charge in [0, 0.05) is 6.54 Å². The van der Waals surface area contributed by atoms with Crippen LogP contribution in [0.3, 0.4) is 0 Å². The van der Waals surface area contributed by atoms with Crippen molar-refractivity contribution in [1.29, 1.82) is 0 Å². The molecule has 1 aromatic carbocycles. The standard InChI is InChI=1S/C13H19NO3/c1-4-17-11-7-5-10(6-8-11)9-14-12(15)13(2,3)16/h5-8,16H,4,9H2,1-3H3,(H,14,15). The van der Waals surface area contributed by atoms with Gasteiger partial charge in [0.25, 0.3) is 5.91 Å². The van der Waals surface area contributed by atoms with Crippen LogP contribution in [0.5, 0.6) is 5.75 Å². The summed E-state index contributed by atoms with van der Waals surface area (Å²) in [7, 11) is 0. The molecule has 0 atom stereocenters. The average Bonchev–Trinajstić information content (AvgIpc) is 2.27. The third-order valence-electron chi connectivity index (χ3n) is 2.24. The summed E-state index contributed by atoms with van der Waals surface area (Å²) < 4.78 is 5.31. The second-order valence-electron chi connectivity index (χ2n) is 4.32. The van der Waals surface area contributed by atoms with Gasteiger partial charge in [0.05, 0.1) is 6.61 Å². The van der Waals surface area contributed by atoms with Crippen LogP contribution in [0.25, 0.3) is 0 Å². The van der Waals surface area contributed by atoms with Crippen LogP contribution in [0.2, 0.25) is 0 Å². The molecule has 0 spiro atoms. The van der Waals surface area contributed by atoms with Crippen molar-refractivity contribution in [2.45, 2.75) is 32.9 Å². The molecular weight excluding hydrogens is 218 g/mol. The fourth-order valence-corrected chi connectivity index (χ4v) is 1.27. The molecule has 17 heavy (non-hydrogen) atoms. The van der Waals surface area contributed by atoms with Crippen molar-refractivity contribution < 1.29 is 14.6 Å². The van der Waals surface area contributed by atoms with Crippen LogP contribution < -0.4 is 10.1 Å². The highest BCUT2D eigenvalue weighted by atomic mass is 16.5. The Morgan fingerprint density at radius 3 is 2.41 bits per heavy atom. The molecule has 0 aromatic heterocycles. The molecule has 0 unspecified atom stereocenters. The number of carbonyl (C=O) groups excluding carboxylic acids is 1. The Bertz CT molecular complexity index is 365. The van der Waals surface area contributed by atoms with E-state index in [0.29, 0.717) is 13.2 Å². The maximum absolute atomic E-state index is 11.4. The Kier molecular flexibility index (Phi) is 4.52. The molecule has 0 fully saturated rings. The molecule has 0 aliphatic rings. The van der Waals surface area contributed by atoms with E-state index in [1.807, 2.05) is 31.2 Å². The second-order valence-corrected chi connectivity index (χ2v) is 4.32. The van der Waals surface area contributed by atoms with Crippen molar-refractivity contribution >= 4 is 5.91 Å². The van der Waals surface area contributed by atoms with E-state index in [0.717, 1.165) is 11.3 Å². The highest BCUT2D eigenvalue weighted by molar-refractivity contribution is 5.83. The Balaban J connectivity index is 2.50. The number of rotatable bonds is 5. The Labute approximate surface area is 102 Å². The third kappa shape index (κ3) is 4.44. The zero-order valence-electron chi connectivity index (χ0n) is 10.5. The monoisotopic (exact) mass is 237 g/mol. The molecule has 4 nitrogen and oxygen atoms in total. The molecule has 1 amide bonds. The summed E-state index contributed by atoms with van der Waals surface area (Å²) in [5, 5.41) is 12.1. The molecule has 0 radical (unpaired) electrons. The smallest absolute Gasteiger partial charge is 0.251 e. The van der Waals surface area contributed by atoms with Crippen LogP contribution in [0, 0.1) is 0 Å². The van der Waals surface area contributed by atoms with Gasteiger partial charge < -0.3 is 15.2 Å². The summed E-state index contributed by atoms with van der Waals surface area (Å²) in [5.74, 6) is 0.427. The number of nitrogens with one attached hydrogen (secondary N) is 1. The normalized spacial score (nSPS) is 11.1. The molecule has 0 heterocycles. The van der Waals surface area contributed by atoms with Crippen molar-refractivity contribution in [2.75, 3.05) is 6.61 Å². The predicted octanol–water partition coefficient (Wildman–Crippen LogP) is 1.47. The van der Waals surface area contributed by atoms with Gasteiger partial charge in [-0.2, -0.15) is 0 Å². The summed E-state index contributed by atoms with van der Waals surface area (Å²) in [6, 6.07) is 7.48. The summed E-state index contributed by atoms with van der Waals surface area (Å²) >= 11 is 0.